The Morgan fingerprint density at radius 2 is 1.93 bits per heavy atom. The highest BCUT2D eigenvalue weighted by Crippen LogP contribution is 2.02. The standard InChI is InChI=1S/C9H20N2O3/c1-4-10-8(14)7(2)11-9(3,5-12)6-13/h7,11-13H,4-6H2,1-3H3,(H,10,14). The van der Waals surface area contributed by atoms with Crippen LogP contribution in [0.1, 0.15) is 20.8 Å². The van der Waals surface area contributed by atoms with E-state index in [0.29, 0.717) is 6.54 Å². The highest BCUT2D eigenvalue weighted by molar-refractivity contribution is 5.81. The van der Waals surface area contributed by atoms with E-state index in [1.165, 1.54) is 0 Å². The first kappa shape index (κ1) is 13.4. The predicted molar refractivity (Wildman–Crippen MR) is 53.9 cm³/mol. The minimum Gasteiger partial charge on any atom is -0.394 e. The van der Waals surface area contributed by atoms with Crippen molar-refractivity contribution in [1.29, 1.82) is 0 Å². The van der Waals surface area contributed by atoms with E-state index in [1.54, 1.807) is 13.8 Å². The molecule has 0 aliphatic carbocycles. The maximum absolute atomic E-state index is 11.3. The number of aliphatic hydroxyl groups excluding tert-OH is 2. The molecule has 0 aromatic carbocycles. The molecule has 0 aromatic heterocycles. The summed E-state index contributed by atoms with van der Waals surface area (Å²) >= 11 is 0. The summed E-state index contributed by atoms with van der Waals surface area (Å²) in [6.07, 6.45) is 0. The van der Waals surface area contributed by atoms with Crippen LogP contribution >= 0.6 is 0 Å². The summed E-state index contributed by atoms with van der Waals surface area (Å²) in [5.74, 6) is -0.138. The van der Waals surface area contributed by atoms with Gasteiger partial charge in [0.15, 0.2) is 0 Å². The van der Waals surface area contributed by atoms with E-state index >= 15 is 0 Å². The fourth-order valence-electron chi connectivity index (χ4n) is 1.06. The number of aliphatic hydroxyl groups is 2. The van der Waals surface area contributed by atoms with E-state index in [9.17, 15) is 4.79 Å². The Hall–Kier alpha value is -0.650. The van der Waals surface area contributed by atoms with Crippen LogP contribution in [0.3, 0.4) is 0 Å². The molecule has 0 bridgehead atoms. The van der Waals surface area contributed by atoms with Crippen molar-refractivity contribution in [2.45, 2.75) is 32.4 Å². The molecule has 0 radical (unpaired) electrons. The second-order valence-corrected chi connectivity index (χ2v) is 3.64. The minimum atomic E-state index is -0.815. The molecule has 0 spiro atoms. The lowest BCUT2D eigenvalue weighted by Gasteiger charge is -2.29. The van der Waals surface area contributed by atoms with E-state index < -0.39 is 11.6 Å². The second kappa shape index (κ2) is 5.95. The molecule has 14 heavy (non-hydrogen) atoms. The molecule has 0 heterocycles. The average molecular weight is 204 g/mol. The molecule has 5 nitrogen and oxygen atoms in total. The Kier molecular flexibility index (Phi) is 5.68. The zero-order valence-corrected chi connectivity index (χ0v) is 9.00. The lowest BCUT2D eigenvalue weighted by molar-refractivity contribution is -0.123. The topological polar surface area (TPSA) is 81.6 Å². The zero-order chi connectivity index (χ0) is 11.2. The first-order valence-electron chi connectivity index (χ1n) is 4.76. The summed E-state index contributed by atoms with van der Waals surface area (Å²) in [7, 11) is 0. The van der Waals surface area contributed by atoms with Crippen LogP contribution in [0.25, 0.3) is 0 Å². The number of hydrogen-bond acceptors (Lipinski definition) is 4. The number of rotatable bonds is 6. The second-order valence-electron chi connectivity index (χ2n) is 3.64. The molecular formula is C9H20N2O3. The van der Waals surface area contributed by atoms with Crippen LogP contribution in [0.2, 0.25) is 0 Å². The van der Waals surface area contributed by atoms with Crippen molar-refractivity contribution in [2.24, 2.45) is 0 Å². The van der Waals surface area contributed by atoms with Crippen LogP contribution in [0.15, 0.2) is 0 Å². The highest BCUT2D eigenvalue weighted by atomic mass is 16.3. The van der Waals surface area contributed by atoms with Gasteiger partial charge in [0, 0.05) is 6.54 Å². The third-order valence-corrected chi connectivity index (χ3v) is 2.01. The van der Waals surface area contributed by atoms with E-state index in [4.69, 9.17) is 10.2 Å². The quantitative estimate of drug-likeness (QED) is 0.440. The number of nitrogens with one attached hydrogen (secondary N) is 2. The van der Waals surface area contributed by atoms with E-state index in [0.717, 1.165) is 0 Å². The van der Waals surface area contributed by atoms with Crippen LogP contribution in [-0.2, 0) is 4.79 Å². The van der Waals surface area contributed by atoms with Gasteiger partial charge in [-0.1, -0.05) is 0 Å². The summed E-state index contributed by atoms with van der Waals surface area (Å²) in [5, 5.41) is 23.5. The van der Waals surface area contributed by atoms with Crippen molar-refractivity contribution in [2.75, 3.05) is 19.8 Å². The molecule has 0 aliphatic rings. The SMILES string of the molecule is CCNC(=O)C(C)NC(C)(CO)CO. The van der Waals surface area contributed by atoms with Crippen molar-refractivity contribution in [3.63, 3.8) is 0 Å². The molecule has 0 aliphatic heterocycles. The predicted octanol–water partition coefficient (Wildman–Crippen LogP) is -1.16. The van der Waals surface area contributed by atoms with Crippen molar-refractivity contribution < 1.29 is 15.0 Å². The smallest absolute Gasteiger partial charge is 0.236 e. The van der Waals surface area contributed by atoms with Gasteiger partial charge < -0.3 is 15.5 Å². The average Bonchev–Trinajstić information content (AvgIpc) is 2.18. The third kappa shape index (κ3) is 4.04. The molecule has 0 fully saturated rings. The van der Waals surface area contributed by atoms with Gasteiger partial charge in [-0.3, -0.25) is 10.1 Å². The molecule has 0 aromatic rings. The Morgan fingerprint density at radius 3 is 2.29 bits per heavy atom. The Bertz CT molecular complexity index is 181. The number of hydrogen-bond donors (Lipinski definition) is 4. The van der Waals surface area contributed by atoms with Crippen molar-refractivity contribution in [3.8, 4) is 0 Å². The molecule has 1 amide bonds. The van der Waals surface area contributed by atoms with Crippen LogP contribution in [0.4, 0.5) is 0 Å². The summed E-state index contributed by atoms with van der Waals surface area (Å²) in [4.78, 5) is 11.3. The molecule has 1 unspecified atom stereocenters. The molecular weight excluding hydrogens is 184 g/mol. The molecule has 1 atom stereocenters. The summed E-state index contributed by atoms with van der Waals surface area (Å²) < 4.78 is 0. The number of carbonyl (C=O) groups excluding carboxylic acids is 1. The number of likely N-dealkylation sites (N-methyl/N-ethyl adjacent to an activating group) is 1. The fourth-order valence-corrected chi connectivity index (χ4v) is 1.06. The highest BCUT2D eigenvalue weighted by Gasteiger charge is 2.26. The van der Waals surface area contributed by atoms with Crippen molar-refractivity contribution in [1.82, 2.24) is 10.6 Å². The van der Waals surface area contributed by atoms with Gasteiger partial charge in [0.05, 0.1) is 24.8 Å². The molecule has 84 valence electrons. The first-order valence-corrected chi connectivity index (χ1v) is 4.76. The minimum absolute atomic E-state index is 0.138. The third-order valence-electron chi connectivity index (χ3n) is 2.01. The number of amides is 1. The maximum atomic E-state index is 11.3. The Morgan fingerprint density at radius 1 is 1.43 bits per heavy atom. The molecule has 5 heteroatoms. The number of carbonyl (C=O) groups is 1. The van der Waals surface area contributed by atoms with Gasteiger partial charge in [-0.05, 0) is 20.8 Å². The van der Waals surface area contributed by atoms with Gasteiger partial charge in [-0.25, -0.2) is 0 Å². The molecule has 0 rings (SSSR count). The van der Waals surface area contributed by atoms with Crippen molar-refractivity contribution in [3.05, 3.63) is 0 Å². The molecule has 4 N–H and O–H groups in total. The van der Waals surface area contributed by atoms with Crippen LogP contribution in [0.5, 0.6) is 0 Å². The van der Waals surface area contributed by atoms with Gasteiger partial charge in [0.25, 0.3) is 0 Å². The fraction of sp³-hybridized carbons (Fsp3) is 0.889. The molecule has 0 saturated heterocycles. The van der Waals surface area contributed by atoms with Crippen LogP contribution < -0.4 is 10.6 Å². The lowest BCUT2D eigenvalue weighted by Crippen LogP contribution is -2.56. The largest absolute Gasteiger partial charge is 0.394 e. The maximum Gasteiger partial charge on any atom is 0.236 e. The summed E-state index contributed by atoms with van der Waals surface area (Å²) in [5.41, 5.74) is -0.815. The van der Waals surface area contributed by atoms with Gasteiger partial charge in [-0.2, -0.15) is 0 Å². The summed E-state index contributed by atoms with van der Waals surface area (Å²) in [6, 6.07) is -0.431. The first-order chi connectivity index (χ1) is 6.49. The normalized spacial score (nSPS) is 13.8. The van der Waals surface area contributed by atoms with Gasteiger partial charge in [0.2, 0.25) is 5.91 Å². The Labute approximate surface area is 84.5 Å². The van der Waals surface area contributed by atoms with Crippen LogP contribution in [0, 0.1) is 0 Å². The Balaban J connectivity index is 4.15. The lowest BCUT2D eigenvalue weighted by atomic mass is 10.0. The zero-order valence-electron chi connectivity index (χ0n) is 9.00. The van der Waals surface area contributed by atoms with Crippen LogP contribution in [-0.4, -0.2) is 47.5 Å². The summed E-state index contributed by atoms with van der Waals surface area (Å²) in [6.45, 7) is 5.32. The van der Waals surface area contributed by atoms with Crippen molar-refractivity contribution >= 4 is 5.91 Å². The monoisotopic (exact) mass is 204 g/mol. The van der Waals surface area contributed by atoms with E-state index in [1.807, 2.05) is 6.92 Å². The van der Waals surface area contributed by atoms with E-state index in [-0.39, 0.29) is 19.1 Å². The van der Waals surface area contributed by atoms with Gasteiger partial charge in [-0.15, -0.1) is 0 Å². The van der Waals surface area contributed by atoms with Gasteiger partial charge in [0.1, 0.15) is 0 Å². The van der Waals surface area contributed by atoms with E-state index in [2.05, 4.69) is 10.6 Å². The molecule has 0 saturated carbocycles. The van der Waals surface area contributed by atoms with Gasteiger partial charge >= 0.3 is 0 Å².